The summed E-state index contributed by atoms with van der Waals surface area (Å²) in [6.07, 6.45) is 3.44. The van der Waals surface area contributed by atoms with E-state index in [2.05, 4.69) is 5.10 Å². The van der Waals surface area contributed by atoms with Crippen molar-refractivity contribution < 1.29 is 14.3 Å². The number of morpholine rings is 1. The molecule has 2 N–H and O–H groups in total. The van der Waals surface area contributed by atoms with Crippen molar-refractivity contribution in [2.24, 2.45) is 7.05 Å². The second kappa shape index (κ2) is 9.32. The Balaban J connectivity index is 0.00000169. The predicted molar refractivity (Wildman–Crippen MR) is 105 cm³/mol. The van der Waals surface area contributed by atoms with Gasteiger partial charge < -0.3 is 20.1 Å². The zero-order chi connectivity index (χ0) is 17.3. The van der Waals surface area contributed by atoms with Crippen molar-refractivity contribution in [2.45, 2.75) is 6.10 Å². The number of anilines is 1. The first kappa shape index (κ1) is 22.4. The van der Waals surface area contributed by atoms with Crippen molar-refractivity contribution in [3.05, 3.63) is 40.7 Å². The molecule has 26 heavy (non-hydrogen) atoms. The van der Waals surface area contributed by atoms with E-state index in [9.17, 15) is 4.79 Å². The fourth-order valence-electron chi connectivity index (χ4n) is 2.72. The van der Waals surface area contributed by atoms with Crippen LogP contribution < -0.4 is 10.5 Å². The summed E-state index contributed by atoms with van der Waals surface area (Å²) in [5.41, 5.74) is 7.49. The fraction of sp³-hybridized carbons (Fsp3) is 0.375. The summed E-state index contributed by atoms with van der Waals surface area (Å²) in [5.74, 6) is 0.247. The Kier molecular flexibility index (Phi) is 8.02. The average Bonchev–Trinajstić information content (AvgIpc) is 3.03. The number of nitrogens with zero attached hydrogens (tertiary/aromatic N) is 3. The van der Waals surface area contributed by atoms with Gasteiger partial charge in [0.2, 0.25) is 0 Å². The van der Waals surface area contributed by atoms with Crippen LogP contribution in [0.3, 0.4) is 0 Å². The van der Waals surface area contributed by atoms with Crippen LogP contribution >= 0.6 is 36.4 Å². The SMILES string of the molecule is COc1cc(N)c(Cl)cc1C(=O)N1CCOC(c2cnn(C)c2)C1.Cl.Cl. The van der Waals surface area contributed by atoms with Gasteiger partial charge in [0.1, 0.15) is 11.9 Å². The summed E-state index contributed by atoms with van der Waals surface area (Å²) in [4.78, 5) is 14.6. The van der Waals surface area contributed by atoms with Crippen LogP contribution in [0.2, 0.25) is 5.02 Å². The quantitative estimate of drug-likeness (QED) is 0.768. The van der Waals surface area contributed by atoms with Crippen molar-refractivity contribution in [1.82, 2.24) is 14.7 Å². The molecule has 1 aromatic carbocycles. The number of carbonyl (C=O) groups is 1. The lowest BCUT2D eigenvalue weighted by Gasteiger charge is -2.33. The lowest BCUT2D eigenvalue weighted by atomic mass is 10.1. The van der Waals surface area contributed by atoms with Gasteiger partial charge in [-0.2, -0.15) is 5.10 Å². The number of halogens is 3. The number of amides is 1. The molecular weight excluding hydrogens is 403 g/mol. The molecule has 1 atom stereocenters. The Labute approximate surface area is 169 Å². The topological polar surface area (TPSA) is 82.6 Å². The number of ether oxygens (including phenoxy) is 2. The van der Waals surface area contributed by atoms with E-state index in [1.807, 2.05) is 13.2 Å². The van der Waals surface area contributed by atoms with Crippen LogP contribution in [0.25, 0.3) is 0 Å². The highest BCUT2D eigenvalue weighted by molar-refractivity contribution is 6.33. The molecule has 0 spiro atoms. The zero-order valence-electron chi connectivity index (χ0n) is 14.3. The van der Waals surface area contributed by atoms with E-state index in [0.717, 1.165) is 5.56 Å². The van der Waals surface area contributed by atoms with E-state index in [1.54, 1.807) is 27.9 Å². The Morgan fingerprint density at radius 2 is 2.15 bits per heavy atom. The number of aryl methyl sites for hydroxylation is 1. The molecule has 1 aliphatic heterocycles. The summed E-state index contributed by atoms with van der Waals surface area (Å²) >= 11 is 6.07. The normalized spacial score (nSPS) is 16.4. The minimum absolute atomic E-state index is 0. The molecule has 2 aromatic rings. The van der Waals surface area contributed by atoms with Crippen molar-refractivity contribution in [1.29, 1.82) is 0 Å². The van der Waals surface area contributed by atoms with Gasteiger partial charge in [-0.15, -0.1) is 24.8 Å². The number of hydrogen-bond donors (Lipinski definition) is 1. The average molecular weight is 424 g/mol. The third-order valence-electron chi connectivity index (χ3n) is 4.00. The van der Waals surface area contributed by atoms with Gasteiger partial charge in [-0.05, 0) is 6.07 Å². The second-order valence-electron chi connectivity index (χ2n) is 5.63. The van der Waals surface area contributed by atoms with Crippen LogP contribution in [0.1, 0.15) is 22.0 Å². The summed E-state index contributed by atoms with van der Waals surface area (Å²) in [6.45, 7) is 1.40. The smallest absolute Gasteiger partial charge is 0.257 e. The first-order chi connectivity index (χ1) is 11.5. The number of benzene rings is 1. The van der Waals surface area contributed by atoms with Gasteiger partial charge in [-0.25, -0.2) is 0 Å². The maximum Gasteiger partial charge on any atom is 0.257 e. The Morgan fingerprint density at radius 1 is 1.42 bits per heavy atom. The molecule has 1 saturated heterocycles. The second-order valence-corrected chi connectivity index (χ2v) is 6.04. The summed E-state index contributed by atoms with van der Waals surface area (Å²) < 4.78 is 12.8. The van der Waals surface area contributed by atoms with E-state index in [0.29, 0.717) is 41.7 Å². The van der Waals surface area contributed by atoms with Crippen molar-refractivity contribution in [2.75, 3.05) is 32.5 Å². The van der Waals surface area contributed by atoms with Crippen molar-refractivity contribution >= 4 is 48.0 Å². The number of carbonyl (C=O) groups excluding carboxylic acids is 1. The van der Waals surface area contributed by atoms with Crippen LogP contribution in [0.15, 0.2) is 24.5 Å². The van der Waals surface area contributed by atoms with E-state index in [4.69, 9.17) is 26.8 Å². The van der Waals surface area contributed by atoms with Crippen molar-refractivity contribution in [3.63, 3.8) is 0 Å². The van der Waals surface area contributed by atoms with Crippen molar-refractivity contribution in [3.8, 4) is 5.75 Å². The first-order valence-electron chi connectivity index (χ1n) is 7.52. The van der Waals surface area contributed by atoms with Crippen LogP contribution in [0.4, 0.5) is 5.69 Å². The fourth-order valence-corrected chi connectivity index (χ4v) is 2.88. The summed E-state index contributed by atoms with van der Waals surface area (Å²) in [7, 11) is 3.34. The lowest BCUT2D eigenvalue weighted by Crippen LogP contribution is -2.42. The molecule has 1 unspecified atom stereocenters. The van der Waals surface area contributed by atoms with Crippen LogP contribution in [-0.2, 0) is 11.8 Å². The number of methoxy groups -OCH3 is 1. The monoisotopic (exact) mass is 422 g/mol. The van der Waals surface area contributed by atoms with Gasteiger partial charge in [0.05, 0.1) is 42.7 Å². The van der Waals surface area contributed by atoms with Gasteiger partial charge in [0, 0.05) is 31.4 Å². The third kappa shape index (κ3) is 4.54. The minimum Gasteiger partial charge on any atom is -0.496 e. The molecule has 1 aliphatic rings. The maximum absolute atomic E-state index is 12.9. The largest absolute Gasteiger partial charge is 0.496 e. The van der Waals surface area contributed by atoms with Crippen LogP contribution in [-0.4, -0.2) is 47.4 Å². The molecular formula is C16H21Cl3N4O3. The number of hydrogen-bond acceptors (Lipinski definition) is 5. The highest BCUT2D eigenvalue weighted by Gasteiger charge is 2.28. The molecule has 0 radical (unpaired) electrons. The lowest BCUT2D eigenvalue weighted by molar-refractivity contribution is -0.0229. The molecule has 3 rings (SSSR count). The molecule has 7 nitrogen and oxygen atoms in total. The van der Waals surface area contributed by atoms with Gasteiger partial charge in [-0.3, -0.25) is 9.48 Å². The molecule has 1 amide bonds. The highest BCUT2D eigenvalue weighted by Crippen LogP contribution is 2.31. The molecule has 144 valence electrons. The highest BCUT2D eigenvalue weighted by atomic mass is 35.5. The summed E-state index contributed by atoms with van der Waals surface area (Å²) in [6, 6.07) is 3.11. The van der Waals surface area contributed by atoms with Gasteiger partial charge in [0.25, 0.3) is 5.91 Å². The minimum atomic E-state index is -0.202. The van der Waals surface area contributed by atoms with Gasteiger partial charge in [0.15, 0.2) is 0 Å². The first-order valence-corrected chi connectivity index (χ1v) is 7.90. The number of nitrogen functional groups attached to an aromatic ring is 1. The maximum atomic E-state index is 12.9. The standard InChI is InChI=1S/C16H19ClN4O3.2ClH/c1-20-8-10(7-19-20)15-9-21(3-4-24-15)16(22)11-5-12(17)13(18)6-14(11)23-2;;/h5-8,15H,3-4,9,18H2,1-2H3;2*1H. The molecule has 0 saturated carbocycles. The number of nitrogens with two attached hydrogens (primary N) is 1. The molecule has 10 heteroatoms. The Bertz CT molecular complexity index is 769. The zero-order valence-corrected chi connectivity index (χ0v) is 16.7. The third-order valence-corrected chi connectivity index (χ3v) is 4.33. The van der Waals surface area contributed by atoms with Gasteiger partial charge in [-0.1, -0.05) is 11.6 Å². The van der Waals surface area contributed by atoms with E-state index < -0.39 is 0 Å². The van der Waals surface area contributed by atoms with E-state index in [1.165, 1.54) is 7.11 Å². The molecule has 0 aliphatic carbocycles. The Morgan fingerprint density at radius 3 is 2.77 bits per heavy atom. The molecule has 2 heterocycles. The number of rotatable bonds is 3. The Hall–Kier alpha value is -1.67. The van der Waals surface area contributed by atoms with Gasteiger partial charge >= 0.3 is 0 Å². The van der Waals surface area contributed by atoms with E-state index in [-0.39, 0.29) is 36.8 Å². The molecule has 1 aromatic heterocycles. The van der Waals surface area contributed by atoms with E-state index >= 15 is 0 Å². The van der Waals surface area contributed by atoms with Crippen LogP contribution in [0.5, 0.6) is 5.75 Å². The molecule has 0 bridgehead atoms. The summed E-state index contributed by atoms with van der Waals surface area (Å²) in [5, 5.41) is 4.48. The predicted octanol–water partition coefficient (Wildman–Crippen LogP) is 2.72. The van der Waals surface area contributed by atoms with Crippen LogP contribution in [0, 0.1) is 0 Å². The molecule has 1 fully saturated rings. The number of aromatic nitrogens is 2.